The van der Waals surface area contributed by atoms with Crippen molar-refractivity contribution in [1.82, 2.24) is 19.9 Å². The molecule has 1 fully saturated rings. The first-order valence-corrected chi connectivity index (χ1v) is 8.16. The van der Waals surface area contributed by atoms with Crippen molar-refractivity contribution in [3.05, 3.63) is 35.7 Å². The Balaban J connectivity index is 1.53. The van der Waals surface area contributed by atoms with Crippen molar-refractivity contribution in [1.29, 1.82) is 0 Å². The quantitative estimate of drug-likeness (QED) is 0.774. The fraction of sp³-hybridized carbons (Fsp3) is 0.333. The predicted octanol–water partition coefficient (Wildman–Crippen LogP) is 2.20. The van der Waals surface area contributed by atoms with Crippen molar-refractivity contribution in [2.75, 3.05) is 18.8 Å². The average Bonchev–Trinajstić information content (AvgIpc) is 3.23. The maximum Gasteiger partial charge on any atom is 0.275 e. The van der Waals surface area contributed by atoms with Gasteiger partial charge in [-0.2, -0.15) is 0 Å². The first kappa shape index (κ1) is 14.1. The monoisotopic (exact) mass is 329 g/mol. The average molecular weight is 329 g/mol. The van der Waals surface area contributed by atoms with E-state index in [0.29, 0.717) is 35.5 Å². The van der Waals surface area contributed by atoms with Gasteiger partial charge in [-0.25, -0.2) is 15.0 Å². The summed E-state index contributed by atoms with van der Waals surface area (Å²) in [6.07, 6.45) is 2.29. The number of nitrogen functional groups attached to an aromatic ring is 1. The number of carbonyl (C=O) groups is 1. The van der Waals surface area contributed by atoms with Crippen LogP contribution in [0.3, 0.4) is 0 Å². The fourth-order valence-electron chi connectivity index (χ4n) is 2.89. The Labute approximate surface area is 136 Å². The molecule has 0 aromatic carbocycles. The maximum atomic E-state index is 12.4. The van der Waals surface area contributed by atoms with Crippen LogP contribution in [0.4, 0.5) is 5.13 Å². The number of oxazole rings is 1. The zero-order valence-electron chi connectivity index (χ0n) is 12.5. The number of fused-ring (bicyclic) bond motifs is 1. The zero-order valence-corrected chi connectivity index (χ0v) is 13.3. The van der Waals surface area contributed by atoms with Gasteiger partial charge in [0.15, 0.2) is 22.4 Å². The minimum Gasteiger partial charge on any atom is -0.448 e. The Morgan fingerprint density at radius 1 is 1.39 bits per heavy atom. The highest BCUT2D eigenvalue weighted by Crippen LogP contribution is 2.30. The summed E-state index contributed by atoms with van der Waals surface area (Å²) >= 11 is 1.43. The second-order valence-corrected chi connectivity index (χ2v) is 6.66. The van der Waals surface area contributed by atoms with Crippen LogP contribution >= 0.6 is 11.3 Å². The largest absolute Gasteiger partial charge is 0.448 e. The van der Waals surface area contributed by atoms with E-state index in [1.54, 1.807) is 11.8 Å². The number of pyridine rings is 1. The lowest BCUT2D eigenvalue weighted by molar-refractivity contribution is 0.0785. The highest BCUT2D eigenvalue weighted by molar-refractivity contribution is 7.21. The van der Waals surface area contributed by atoms with Gasteiger partial charge in [-0.1, -0.05) is 11.3 Å². The molecule has 1 unspecified atom stereocenters. The van der Waals surface area contributed by atoms with E-state index in [4.69, 9.17) is 10.2 Å². The SMILES string of the molecule is Cc1nc(C(=O)N2CCC(c3ccc4sc(N)nc4n3)C2)co1. The van der Waals surface area contributed by atoms with Crippen molar-refractivity contribution in [2.45, 2.75) is 19.3 Å². The lowest BCUT2D eigenvalue weighted by atomic mass is 10.0. The molecular weight excluding hydrogens is 314 g/mol. The number of carbonyl (C=O) groups excluding carboxylic acids is 1. The number of nitrogens with two attached hydrogens (primary N) is 1. The first-order valence-electron chi connectivity index (χ1n) is 7.34. The number of nitrogens with zero attached hydrogens (tertiary/aromatic N) is 4. The Kier molecular flexibility index (Phi) is 3.26. The molecule has 118 valence electrons. The predicted molar refractivity (Wildman–Crippen MR) is 86.3 cm³/mol. The van der Waals surface area contributed by atoms with Gasteiger partial charge in [0.1, 0.15) is 6.26 Å². The second kappa shape index (κ2) is 5.31. The molecular formula is C15H15N5O2S. The van der Waals surface area contributed by atoms with Gasteiger partial charge in [-0.05, 0) is 18.6 Å². The molecule has 4 rings (SSSR count). The van der Waals surface area contributed by atoms with E-state index < -0.39 is 0 Å². The number of thiazole rings is 1. The number of rotatable bonds is 2. The molecule has 0 radical (unpaired) electrons. The highest BCUT2D eigenvalue weighted by atomic mass is 32.1. The van der Waals surface area contributed by atoms with Crippen LogP contribution in [-0.4, -0.2) is 38.8 Å². The van der Waals surface area contributed by atoms with E-state index >= 15 is 0 Å². The lowest BCUT2D eigenvalue weighted by Crippen LogP contribution is -2.28. The number of hydrogen-bond donors (Lipinski definition) is 1. The molecule has 0 aliphatic carbocycles. The van der Waals surface area contributed by atoms with Gasteiger partial charge in [0.05, 0.1) is 4.70 Å². The van der Waals surface area contributed by atoms with Crippen LogP contribution in [0.1, 0.15) is 34.4 Å². The minimum absolute atomic E-state index is 0.0941. The summed E-state index contributed by atoms with van der Waals surface area (Å²) in [6.45, 7) is 3.04. The third-order valence-electron chi connectivity index (χ3n) is 4.02. The Hall–Kier alpha value is -2.48. The molecule has 1 aliphatic heterocycles. The molecule has 1 atom stereocenters. The summed E-state index contributed by atoms with van der Waals surface area (Å²) in [4.78, 5) is 27.1. The van der Waals surface area contributed by atoms with Crippen molar-refractivity contribution in [3.63, 3.8) is 0 Å². The molecule has 4 heterocycles. The van der Waals surface area contributed by atoms with Gasteiger partial charge in [0, 0.05) is 31.6 Å². The van der Waals surface area contributed by atoms with Crippen molar-refractivity contribution >= 4 is 32.7 Å². The summed E-state index contributed by atoms with van der Waals surface area (Å²) in [5.41, 5.74) is 7.72. The van der Waals surface area contributed by atoms with Gasteiger partial charge in [-0.3, -0.25) is 4.79 Å². The molecule has 7 nitrogen and oxygen atoms in total. The normalized spacial score (nSPS) is 18.0. The van der Waals surface area contributed by atoms with E-state index in [-0.39, 0.29) is 11.8 Å². The van der Waals surface area contributed by atoms with Crippen LogP contribution in [0.25, 0.3) is 10.3 Å². The summed E-state index contributed by atoms with van der Waals surface area (Å²) in [5.74, 6) is 0.611. The number of likely N-dealkylation sites (tertiary alicyclic amines) is 1. The van der Waals surface area contributed by atoms with Crippen LogP contribution < -0.4 is 5.73 Å². The molecule has 1 aliphatic rings. The van der Waals surface area contributed by atoms with Crippen LogP contribution in [0, 0.1) is 6.92 Å². The van der Waals surface area contributed by atoms with Gasteiger partial charge in [0.25, 0.3) is 5.91 Å². The molecule has 3 aromatic heterocycles. The van der Waals surface area contributed by atoms with Crippen LogP contribution in [-0.2, 0) is 0 Å². The number of amides is 1. The van der Waals surface area contributed by atoms with Crippen LogP contribution in [0.5, 0.6) is 0 Å². The minimum atomic E-state index is -0.0941. The molecule has 0 spiro atoms. The second-order valence-electron chi connectivity index (χ2n) is 5.60. The first-order chi connectivity index (χ1) is 11.1. The van der Waals surface area contributed by atoms with E-state index in [1.807, 2.05) is 12.1 Å². The fourth-order valence-corrected chi connectivity index (χ4v) is 3.56. The van der Waals surface area contributed by atoms with Gasteiger partial charge < -0.3 is 15.1 Å². The molecule has 0 saturated carbocycles. The van der Waals surface area contributed by atoms with E-state index in [2.05, 4.69) is 15.0 Å². The van der Waals surface area contributed by atoms with E-state index in [9.17, 15) is 4.79 Å². The number of hydrogen-bond acceptors (Lipinski definition) is 7. The molecule has 2 N–H and O–H groups in total. The lowest BCUT2D eigenvalue weighted by Gasteiger charge is -2.14. The Morgan fingerprint density at radius 2 is 2.26 bits per heavy atom. The summed E-state index contributed by atoms with van der Waals surface area (Å²) < 4.78 is 6.10. The topological polar surface area (TPSA) is 98.1 Å². The van der Waals surface area contributed by atoms with Crippen LogP contribution in [0.2, 0.25) is 0 Å². The highest BCUT2D eigenvalue weighted by Gasteiger charge is 2.30. The van der Waals surface area contributed by atoms with Crippen molar-refractivity contribution in [2.24, 2.45) is 0 Å². The van der Waals surface area contributed by atoms with Crippen LogP contribution in [0.15, 0.2) is 22.8 Å². The molecule has 1 amide bonds. The molecule has 8 heteroatoms. The summed E-state index contributed by atoms with van der Waals surface area (Å²) in [6, 6.07) is 4.00. The van der Waals surface area contributed by atoms with E-state index in [0.717, 1.165) is 16.8 Å². The summed E-state index contributed by atoms with van der Waals surface area (Å²) in [7, 11) is 0. The van der Waals surface area contributed by atoms with Gasteiger partial charge in [-0.15, -0.1) is 0 Å². The molecule has 3 aromatic rings. The molecule has 0 bridgehead atoms. The molecule has 1 saturated heterocycles. The Bertz CT molecular complexity index is 887. The Morgan fingerprint density at radius 3 is 3.04 bits per heavy atom. The maximum absolute atomic E-state index is 12.4. The van der Waals surface area contributed by atoms with Crippen molar-refractivity contribution in [3.8, 4) is 0 Å². The number of aryl methyl sites for hydroxylation is 1. The van der Waals surface area contributed by atoms with Crippen molar-refractivity contribution < 1.29 is 9.21 Å². The smallest absolute Gasteiger partial charge is 0.275 e. The third kappa shape index (κ3) is 2.55. The molecule has 23 heavy (non-hydrogen) atoms. The van der Waals surface area contributed by atoms with E-state index in [1.165, 1.54) is 17.6 Å². The van der Waals surface area contributed by atoms with Gasteiger partial charge in [0.2, 0.25) is 0 Å². The standard InChI is InChI=1S/C15H15N5O2S/c1-8-17-11(7-22-8)14(21)20-5-4-9(6-20)10-2-3-12-13(18-10)19-15(16)23-12/h2-3,7,9H,4-6H2,1H3,(H2,16,18,19). The number of aromatic nitrogens is 3. The van der Waals surface area contributed by atoms with Gasteiger partial charge >= 0.3 is 0 Å². The zero-order chi connectivity index (χ0) is 16.0. The summed E-state index contributed by atoms with van der Waals surface area (Å²) in [5, 5.41) is 0.522. The number of anilines is 1. The third-order valence-corrected chi connectivity index (χ3v) is 4.86.